The Labute approximate surface area is 161 Å². The minimum absolute atomic E-state index is 0.00711. The maximum absolute atomic E-state index is 12.5. The van der Waals surface area contributed by atoms with Gasteiger partial charge in [0, 0.05) is 11.6 Å². The molecule has 7 nitrogen and oxygen atoms in total. The number of amides is 4. The van der Waals surface area contributed by atoms with Crippen LogP contribution in [-0.2, 0) is 9.59 Å². The fourth-order valence-electron chi connectivity index (χ4n) is 3.31. The van der Waals surface area contributed by atoms with E-state index in [1.807, 2.05) is 13.8 Å². The molecule has 2 aliphatic rings. The van der Waals surface area contributed by atoms with Gasteiger partial charge in [0.25, 0.3) is 0 Å². The van der Waals surface area contributed by atoms with Gasteiger partial charge in [0.1, 0.15) is 12.1 Å². The van der Waals surface area contributed by atoms with Gasteiger partial charge in [-0.05, 0) is 30.5 Å². The van der Waals surface area contributed by atoms with Crippen molar-refractivity contribution in [1.29, 1.82) is 0 Å². The number of carbonyl (C=O) groups excluding carboxylic acids is 3. The van der Waals surface area contributed by atoms with E-state index in [-0.39, 0.29) is 23.8 Å². The Bertz CT molecular complexity index is 756. The second-order valence-corrected chi connectivity index (χ2v) is 7.74. The fourth-order valence-corrected chi connectivity index (χ4v) is 3.65. The zero-order valence-electron chi connectivity index (χ0n) is 14.4. The molecule has 3 rings (SSSR count). The van der Waals surface area contributed by atoms with Gasteiger partial charge in [-0.25, -0.2) is 4.79 Å². The van der Waals surface area contributed by atoms with Crippen LogP contribution < -0.4 is 16.0 Å². The summed E-state index contributed by atoms with van der Waals surface area (Å²) in [7, 11) is 0. The summed E-state index contributed by atoms with van der Waals surface area (Å²) in [4.78, 5) is 38.6. The Morgan fingerprint density at radius 2 is 2.04 bits per heavy atom. The molecule has 3 N–H and O–H groups in total. The van der Waals surface area contributed by atoms with Crippen LogP contribution in [0.25, 0.3) is 0 Å². The minimum Gasteiger partial charge on any atom is -0.342 e. The number of benzene rings is 1. The lowest BCUT2D eigenvalue weighted by molar-refractivity contribution is -0.148. The molecule has 4 amide bonds. The number of rotatable bonds is 3. The summed E-state index contributed by atoms with van der Waals surface area (Å²) in [5.74, 6) is -0.272. The lowest BCUT2D eigenvalue weighted by Gasteiger charge is -2.36. The van der Waals surface area contributed by atoms with E-state index < -0.39 is 18.1 Å². The van der Waals surface area contributed by atoms with Gasteiger partial charge in [-0.2, -0.15) is 0 Å². The molecular formula is C17H20Cl2N4O3. The van der Waals surface area contributed by atoms with Crippen LogP contribution in [0.5, 0.6) is 0 Å². The summed E-state index contributed by atoms with van der Waals surface area (Å²) < 4.78 is 0. The topological polar surface area (TPSA) is 90.5 Å². The molecule has 3 atom stereocenters. The summed E-state index contributed by atoms with van der Waals surface area (Å²) in [6.45, 7) is 4.07. The normalized spacial score (nSPS) is 25.1. The molecule has 140 valence electrons. The average molecular weight is 399 g/mol. The van der Waals surface area contributed by atoms with Crippen molar-refractivity contribution < 1.29 is 14.4 Å². The second-order valence-electron chi connectivity index (χ2n) is 6.89. The molecule has 0 aliphatic carbocycles. The van der Waals surface area contributed by atoms with E-state index in [2.05, 4.69) is 16.0 Å². The second kappa shape index (κ2) is 7.32. The van der Waals surface area contributed by atoms with Crippen LogP contribution in [0.1, 0.15) is 20.3 Å². The molecule has 0 aromatic heterocycles. The fraction of sp³-hybridized carbons (Fsp3) is 0.471. The SMILES string of the molecule is CC(C)[C@H]1NC(=O)[C@@H]2C[C@H](NC(=O)Nc3cc(Cl)ccc3Cl)CN2C1=O. The molecule has 0 bridgehead atoms. The maximum Gasteiger partial charge on any atom is 0.319 e. The largest absolute Gasteiger partial charge is 0.342 e. The Hall–Kier alpha value is -1.99. The number of piperazine rings is 1. The molecule has 2 heterocycles. The summed E-state index contributed by atoms with van der Waals surface area (Å²) in [5, 5.41) is 9.01. The van der Waals surface area contributed by atoms with Crippen LogP contribution in [0.3, 0.4) is 0 Å². The van der Waals surface area contributed by atoms with E-state index in [4.69, 9.17) is 23.2 Å². The Balaban J connectivity index is 1.64. The van der Waals surface area contributed by atoms with Gasteiger partial charge in [0.15, 0.2) is 0 Å². The van der Waals surface area contributed by atoms with E-state index >= 15 is 0 Å². The highest BCUT2D eigenvalue weighted by Crippen LogP contribution is 2.27. The summed E-state index contributed by atoms with van der Waals surface area (Å²) >= 11 is 11.9. The molecule has 9 heteroatoms. The van der Waals surface area contributed by atoms with Gasteiger partial charge < -0.3 is 20.9 Å². The van der Waals surface area contributed by atoms with Gasteiger partial charge in [-0.1, -0.05) is 37.0 Å². The number of hydrogen-bond acceptors (Lipinski definition) is 3. The third-order valence-corrected chi connectivity index (χ3v) is 5.19. The van der Waals surface area contributed by atoms with Crippen molar-refractivity contribution in [2.75, 3.05) is 11.9 Å². The highest BCUT2D eigenvalue weighted by molar-refractivity contribution is 6.35. The first-order valence-corrected chi connectivity index (χ1v) is 9.15. The van der Waals surface area contributed by atoms with Crippen molar-refractivity contribution in [2.24, 2.45) is 5.92 Å². The van der Waals surface area contributed by atoms with Crippen molar-refractivity contribution in [1.82, 2.24) is 15.5 Å². The Kier molecular flexibility index (Phi) is 5.29. The molecule has 0 radical (unpaired) electrons. The number of hydrogen-bond donors (Lipinski definition) is 3. The molecule has 0 spiro atoms. The monoisotopic (exact) mass is 398 g/mol. The minimum atomic E-state index is -0.544. The molecule has 1 aromatic carbocycles. The molecule has 2 saturated heterocycles. The van der Waals surface area contributed by atoms with Crippen LogP contribution in [0.4, 0.5) is 10.5 Å². The van der Waals surface area contributed by atoms with Crippen LogP contribution in [0.15, 0.2) is 18.2 Å². The zero-order valence-corrected chi connectivity index (χ0v) is 15.9. The van der Waals surface area contributed by atoms with Crippen molar-refractivity contribution in [2.45, 2.75) is 38.4 Å². The van der Waals surface area contributed by atoms with E-state index in [9.17, 15) is 14.4 Å². The van der Waals surface area contributed by atoms with E-state index in [0.717, 1.165) is 0 Å². The predicted octanol–water partition coefficient (Wildman–Crippen LogP) is 2.24. The number of nitrogens with one attached hydrogen (secondary N) is 3. The van der Waals surface area contributed by atoms with E-state index in [1.165, 1.54) is 0 Å². The maximum atomic E-state index is 12.5. The molecular weight excluding hydrogens is 379 g/mol. The molecule has 26 heavy (non-hydrogen) atoms. The van der Waals surface area contributed by atoms with Gasteiger partial charge in [-0.3, -0.25) is 9.59 Å². The van der Waals surface area contributed by atoms with E-state index in [1.54, 1.807) is 23.1 Å². The standard InChI is InChI=1S/C17H20Cl2N4O3/c1-8(2)14-16(25)23-7-10(6-13(23)15(24)22-14)20-17(26)21-12-5-9(18)3-4-11(12)19/h3-5,8,10,13-14H,6-7H2,1-2H3,(H,22,24)(H2,20,21,26)/t10-,13-,14+/m0/s1. The lowest BCUT2D eigenvalue weighted by atomic mass is 9.98. The van der Waals surface area contributed by atoms with Crippen LogP contribution in [0, 0.1) is 5.92 Å². The summed E-state index contributed by atoms with van der Waals surface area (Å²) in [5.41, 5.74) is 0.390. The quantitative estimate of drug-likeness (QED) is 0.728. The first kappa shape index (κ1) is 18.8. The number of carbonyl (C=O) groups is 3. The van der Waals surface area contributed by atoms with Crippen molar-refractivity contribution in [3.63, 3.8) is 0 Å². The highest BCUT2D eigenvalue weighted by atomic mass is 35.5. The van der Waals surface area contributed by atoms with Gasteiger partial charge in [0.05, 0.1) is 16.8 Å². The Morgan fingerprint density at radius 1 is 1.31 bits per heavy atom. The number of urea groups is 1. The number of nitrogens with zero attached hydrogens (tertiary/aromatic N) is 1. The number of anilines is 1. The van der Waals surface area contributed by atoms with Gasteiger partial charge >= 0.3 is 6.03 Å². The van der Waals surface area contributed by atoms with Crippen molar-refractivity contribution in [3.05, 3.63) is 28.2 Å². The smallest absolute Gasteiger partial charge is 0.319 e. The van der Waals surface area contributed by atoms with Crippen LogP contribution in [-0.4, -0.2) is 47.4 Å². The van der Waals surface area contributed by atoms with Crippen LogP contribution >= 0.6 is 23.2 Å². The van der Waals surface area contributed by atoms with Crippen molar-refractivity contribution >= 4 is 46.7 Å². The van der Waals surface area contributed by atoms with Gasteiger partial charge in [0.2, 0.25) is 11.8 Å². The summed E-state index contributed by atoms with van der Waals surface area (Å²) in [6, 6.07) is 2.91. The number of halogens is 2. The van der Waals surface area contributed by atoms with Crippen LogP contribution in [0.2, 0.25) is 10.0 Å². The third-order valence-electron chi connectivity index (χ3n) is 4.63. The molecule has 2 aliphatic heterocycles. The molecule has 0 saturated carbocycles. The predicted molar refractivity (Wildman–Crippen MR) is 99.3 cm³/mol. The molecule has 2 fully saturated rings. The lowest BCUT2D eigenvalue weighted by Crippen LogP contribution is -2.62. The Morgan fingerprint density at radius 3 is 2.73 bits per heavy atom. The highest BCUT2D eigenvalue weighted by Gasteiger charge is 2.47. The first-order chi connectivity index (χ1) is 12.3. The third kappa shape index (κ3) is 3.73. The van der Waals surface area contributed by atoms with Gasteiger partial charge in [-0.15, -0.1) is 0 Å². The average Bonchev–Trinajstić information content (AvgIpc) is 2.98. The summed E-state index contributed by atoms with van der Waals surface area (Å²) in [6.07, 6.45) is 0.374. The molecule has 0 unspecified atom stereocenters. The molecule has 1 aromatic rings. The van der Waals surface area contributed by atoms with Crippen molar-refractivity contribution in [3.8, 4) is 0 Å². The van der Waals surface area contributed by atoms with E-state index in [0.29, 0.717) is 28.7 Å². The number of fused-ring (bicyclic) bond motifs is 1. The zero-order chi connectivity index (χ0) is 19.0. The first-order valence-electron chi connectivity index (χ1n) is 8.39.